The van der Waals surface area contributed by atoms with E-state index in [0.717, 1.165) is 18.3 Å². The fourth-order valence-electron chi connectivity index (χ4n) is 1.35. The van der Waals surface area contributed by atoms with Crippen molar-refractivity contribution in [1.29, 1.82) is 0 Å². The number of rotatable bonds is 2. The van der Waals surface area contributed by atoms with E-state index in [1.165, 1.54) is 6.07 Å². The Bertz CT molecular complexity index is 676. The minimum atomic E-state index is -4.55. The van der Waals surface area contributed by atoms with Crippen LogP contribution in [0.1, 0.15) is 16.1 Å². The average Bonchev–Trinajstić information content (AvgIpc) is 2.41. The summed E-state index contributed by atoms with van der Waals surface area (Å²) in [5, 5.41) is 8.98. The van der Waals surface area contributed by atoms with Crippen molar-refractivity contribution in [1.82, 2.24) is 15.2 Å². The highest BCUT2D eigenvalue weighted by Gasteiger charge is 2.32. The number of anilines is 1. The number of pyridine rings is 1. The van der Waals surface area contributed by atoms with E-state index in [9.17, 15) is 18.0 Å². The van der Waals surface area contributed by atoms with Crippen LogP contribution in [0, 0.1) is 0 Å². The average molecular weight is 337 g/mol. The molecule has 2 rings (SSSR count). The standard InChI is InChI=1S/C11H5Cl2F3N4O/c12-8-3-6(9(13)20-19-8)10(21)18-5-1-2-7(17-4-5)11(14,15)16/h1-4H,(H,18,21). The molecule has 10 heteroatoms. The van der Waals surface area contributed by atoms with Crippen molar-refractivity contribution < 1.29 is 18.0 Å². The molecule has 2 aromatic heterocycles. The number of alkyl halides is 3. The topological polar surface area (TPSA) is 67.8 Å². The molecule has 0 atom stereocenters. The lowest BCUT2D eigenvalue weighted by molar-refractivity contribution is -0.141. The molecule has 1 N–H and O–H groups in total. The first kappa shape index (κ1) is 15.5. The summed E-state index contributed by atoms with van der Waals surface area (Å²) in [6, 6.07) is 3.00. The van der Waals surface area contributed by atoms with Crippen molar-refractivity contribution in [2.45, 2.75) is 6.18 Å². The molecule has 2 heterocycles. The summed E-state index contributed by atoms with van der Waals surface area (Å²) in [5.74, 6) is -0.696. The lowest BCUT2D eigenvalue weighted by Gasteiger charge is -2.08. The van der Waals surface area contributed by atoms with E-state index in [1.807, 2.05) is 0 Å². The third-order valence-corrected chi connectivity index (χ3v) is 2.74. The first-order valence-corrected chi connectivity index (χ1v) is 6.06. The third-order valence-electron chi connectivity index (χ3n) is 2.28. The van der Waals surface area contributed by atoms with Crippen molar-refractivity contribution >= 4 is 34.8 Å². The van der Waals surface area contributed by atoms with Gasteiger partial charge in [0.2, 0.25) is 0 Å². The van der Waals surface area contributed by atoms with Crippen LogP contribution in [0.2, 0.25) is 10.3 Å². The number of hydrogen-bond acceptors (Lipinski definition) is 4. The normalized spacial score (nSPS) is 11.3. The maximum Gasteiger partial charge on any atom is 0.433 e. The number of hydrogen-bond donors (Lipinski definition) is 1. The van der Waals surface area contributed by atoms with Crippen molar-refractivity contribution in [2.75, 3.05) is 5.32 Å². The van der Waals surface area contributed by atoms with Crippen molar-refractivity contribution in [3.63, 3.8) is 0 Å². The molecule has 0 aliphatic rings. The van der Waals surface area contributed by atoms with E-state index in [4.69, 9.17) is 23.2 Å². The van der Waals surface area contributed by atoms with Crippen LogP contribution in [0.5, 0.6) is 0 Å². The Morgan fingerprint density at radius 3 is 2.48 bits per heavy atom. The quantitative estimate of drug-likeness (QED) is 0.911. The van der Waals surface area contributed by atoms with Crippen LogP contribution in [-0.2, 0) is 6.18 Å². The molecule has 0 aliphatic heterocycles. The monoisotopic (exact) mass is 336 g/mol. The zero-order valence-electron chi connectivity index (χ0n) is 9.95. The van der Waals surface area contributed by atoms with E-state index >= 15 is 0 Å². The lowest BCUT2D eigenvalue weighted by atomic mass is 10.2. The number of carbonyl (C=O) groups is 1. The summed E-state index contributed by atoms with van der Waals surface area (Å²) in [6.07, 6.45) is -3.67. The van der Waals surface area contributed by atoms with Crippen LogP contribution in [0.15, 0.2) is 24.4 Å². The first-order chi connectivity index (χ1) is 9.77. The molecule has 0 fully saturated rings. The third kappa shape index (κ3) is 3.79. The van der Waals surface area contributed by atoms with Gasteiger partial charge in [0.15, 0.2) is 10.3 Å². The molecule has 0 saturated carbocycles. The zero-order valence-corrected chi connectivity index (χ0v) is 11.5. The van der Waals surface area contributed by atoms with Crippen LogP contribution in [0.3, 0.4) is 0 Å². The predicted octanol–water partition coefficient (Wildman–Crippen LogP) is 3.45. The molecular formula is C11H5Cl2F3N4O. The minimum absolute atomic E-state index is 0.0462. The van der Waals surface area contributed by atoms with Gasteiger partial charge in [-0.15, -0.1) is 10.2 Å². The highest BCUT2D eigenvalue weighted by Crippen LogP contribution is 2.28. The number of aromatic nitrogens is 3. The van der Waals surface area contributed by atoms with Crippen LogP contribution in [-0.4, -0.2) is 21.1 Å². The molecule has 0 radical (unpaired) electrons. The van der Waals surface area contributed by atoms with E-state index in [1.54, 1.807) is 0 Å². The lowest BCUT2D eigenvalue weighted by Crippen LogP contribution is -2.14. The van der Waals surface area contributed by atoms with Crippen LogP contribution in [0.25, 0.3) is 0 Å². The maximum absolute atomic E-state index is 12.3. The fourth-order valence-corrected chi connectivity index (χ4v) is 1.67. The van der Waals surface area contributed by atoms with E-state index in [2.05, 4.69) is 20.5 Å². The molecule has 0 aliphatic carbocycles. The summed E-state index contributed by atoms with van der Waals surface area (Å²) in [4.78, 5) is 15.1. The number of amides is 1. The van der Waals surface area contributed by atoms with E-state index in [-0.39, 0.29) is 21.6 Å². The second kappa shape index (κ2) is 5.82. The Morgan fingerprint density at radius 2 is 1.90 bits per heavy atom. The number of carbonyl (C=O) groups excluding carboxylic acids is 1. The Hall–Kier alpha value is -1.93. The molecule has 2 aromatic rings. The van der Waals surface area contributed by atoms with Gasteiger partial charge in [0.25, 0.3) is 5.91 Å². The summed E-state index contributed by atoms with van der Waals surface area (Å²) in [5.41, 5.74) is -1.05. The molecule has 0 aromatic carbocycles. The molecule has 0 spiro atoms. The van der Waals surface area contributed by atoms with Crippen LogP contribution < -0.4 is 5.32 Å². The van der Waals surface area contributed by atoms with Gasteiger partial charge in [0.1, 0.15) is 5.69 Å². The minimum Gasteiger partial charge on any atom is -0.320 e. The Morgan fingerprint density at radius 1 is 1.19 bits per heavy atom. The largest absolute Gasteiger partial charge is 0.433 e. The number of halogens is 5. The van der Waals surface area contributed by atoms with Crippen molar-refractivity contribution in [2.24, 2.45) is 0 Å². The molecule has 1 amide bonds. The van der Waals surface area contributed by atoms with Gasteiger partial charge in [-0.05, 0) is 18.2 Å². The smallest absolute Gasteiger partial charge is 0.320 e. The van der Waals surface area contributed by atoms with Gasteiger partial charge in [0, 0.05) is 0 Å². The van der Waals surface area contributed by atoms with Gasteiger partial charge in [-0.2, -0.15) is 13.2 Å². The van der Waals surface area contributed by atoms with Gasteiger partial charge in [-0.3, -0.25) is 4.79 Å². The van der Waals surface area contributed by atoms with E-state index < -0.39 is 17.8 Å². The molecule has 0 bridgehead atoms. The van der Waals surface area contributed by atoms with Gasteiger partial charge in [-0.25, -0.2) is 4.98 Å². The number of nitrogens with one attached hydrogen (secondary N) is 1. The fraction of sp³-hybridized carbons (Fsp3) is 0.0909. The zero-order chi connectivity index (χ0) is 15.6. The second-order valence-corrected chi connectivity index (χ2v) is 4.50. The van der Waals surface area contributed by atoms with Gasteiger partial charge in [0.05, 0.1) is 17.4 Å². The first-order valence-electron chi connectivity index (χ1n) is 5.30. The maximum atomic E-state index is 12.3. The van der Waals surface area contributed by atoms with Crippen LogP contribution >= 0.6 is 23.2 Å². The second-order valence-electron chi connectivity index (χ2n) is 3.76. The SMILES string of the molecule is O=C(Nc1ccc(C(F)(F)F)nc1)c1cc(Cl)nnc1Cl. The van der Waals surface area contributed by atoms with Gasteiger partial charge < -0.3 is 5.32 Å². The molecule has 5 nitrogen and oxygen atoms in total. The summed E-state index contributed by atoms with van der Waals surface area (Å²) in [6.45, 7) is 0. The molecule has 0 unspecified atom stereocenters. The van der Waals surface area contributed by atoms with Crippen molar-refractivity contribution in [3.05, 3.63) is 46.0 Å². The highest BCUT2D eigenvalue weighted by atomic mass is 35.5. The number of nitrogens with zero attached hydrogens (tertiary/aromatic N) is 3. The molecule has 0 saturated heterocycles. The van der Waals surface area contributed by atoms with Crippen LogP contribution in [0.4, 0.5) is 18.9 Å². The summed E-state index contributed by atoms with van der Waals surface area (Å²) < 4.78 is 37.0. The Labute approximate surface area is 126 Å². The highest BCUT2D eigenvalue weighted by molar-refractivity contribution is 6.34. The van der Waals surface area contributed by atoms with E-state index in [0.29, 0.717) is 0 Å². The molecule has 110 valence electrons. The van der Waals surface area contributed by atoms with Gasteiger partial charge in [-0.1, -0.05) is 23.2 Å². The molecule has 21 heavy (non-hydrogen) atoms. The van der Waals surface area contributed by atoms with Gasteiger partial charge >= 0.3 is 6.18 Å². The Balaban J connectivity index is 2.18. The molecular weight excluding hydrogens is 332 g/mol. The van der Waals surface area contributed by atoms with Crippen molar-refractivity contribution in [3.8, 4) is 0 Å². The summed E-state index contributed by atoms with van der Waals surface area (Å²) >= 11 is 11.3. The Kier molecular flexibility index (Phi) is 4.29. The summed E-state index contributed by atoms with van der Waals surface area (Å²) in [7, 11) is 0. The predicted molar refractivity (Wildman–Crippen MR) is 69.2 cm³/mol.